The molecule has 3 rings (SSSR count). The highest BCUT2D eigenvalue weighted by atomic mass is 16.5. The summed E-state index contributed by atoms with van der Waals surface area (Å²) < 4.78 is 5.79. The van der Waals surface area contributed by atoms with Crippen LogP contribution in [0.25, 0.3) is 0 Å². The molecule has 2 fully saturated rings. The molecule has 3 nitrogen and oxygen atoms in total. The maximum Gasteiger partial charge on any atom is 0.142 e. The molecule has 0 bridgehead atoms. The summed E-state index contributed by atoms with van der Waals surface area (Å²) in [5, 5.41) is 3.41. The van der Waals surface area contributed by atoms with Crippen LogP contribution in [0.5, 0.6) is 0 Å². The number of nitrogens with zero attached hydrogens (tertiary/aromatic N) is 1. The predicted molar refractivity (Wildman–Crippen MR) is 59.2 cm³/mol. The van der Waals surface area contributed by atoms with Crippen LogP contribution in [0.4, 0.5) is 0 Å². The van der Waals surface area contributed by atoms with Crippen molar-refractivity contribution in [1.29, 1.82) is 0 Å². The van der Waals surface area contributed by atoms with E-state index in [9.17, 15) is 0 Å². The zero-order valence-corrected chi connectivity index (χ0v) is 8.78. The predicted octanol–water partition coefficient (Wildman–Crippen LogP) is 1.02. The van der Waals surface area contributed by atoms with E-state index in [2.05, 4.69) is 34.5 Å². The van der Waals surface area contributed by atoms with Gasteiger partial charge in [-0.3, -0.25) is 0 Å². The van der Waals surface area contributed by atoms with Crippen LogP contribution >= 0.6 is 0 Å². The number of piperazine rings is 1. The van der Waals surface area contributed by atoms with Crippen molar-refractivity contribution in [3.8, 4) is 0 Å². The third kappa shape index (κ3) is 1.57. The lowest BCUT2D eigenvalue weighted by Crippen LogP contribution is -2.55. The fourth-order valence-electron chi connectivity index (χ4n) is 2.39. The van der Waals surface area contributed by atoms with E-state index in [1.54, 1.807) is 0 Å². The molecule has 3 heteroatoms. The van der Waals surface area contributed by atoms with Crippen LogP contribution in [0.2, 0.25) is 0 Å². The molecule has 2 aliphatic heterocycles. The molecule has 80 valence electrons. The van der Waals surface area contributed by atoms with Gasteiger partial charge in [0.05, 0.1) is 11.7 Å². The van der Waals surface area contributed by atoms with Crippen LogP contribution < -0.4 is 5.32 Å². The Bertz CT molecular complexity index is 344. The SMILES string of the molecule is C1=CCC=C2C(=C1)OCC1CNCCN21. The van der Waals surface area contributed by atoms with Gasteiger partial charge in [0.15, 0.2) is 0 Å². The molecule has 1 unspecified atom stereocenters. The molecule has 1 atom stereocenters. The minimum Gasteiger partial charge on any atom is -0.489 e. The van der Waals surface area contributed by atoms with Crippen LogP contribution in [-0.2, 0) is 4.74 Å². The quantitative estimate of drug-likeness (QED) is 0.637. The smallest absolute Gasteiger partial charge is 0.142 e. The molecule has 15 heavy (non-hydrogen) atoms. The highest BCUT2D eigenvalue weighted by Crippen LogP contribution is 2.28. The van der Waals surface area contributed by atoms with E-state index >= 15 is 0 Å². The van der Waals surface area contributed by atoms with E-state index in [0.717, 1.165) is 38.4 Å². The van der Waals surface area contributed by atoms with Gasteiger partial charge in [-0.25, -0.2) is 0 Å². The lowest BCUT2D eigenvalue weighted by molar-refractivity contribution is 0.0588. The van der Waals surface area contributed by atoms with Gasteiger partial charge in [-0.1, -0.05) is 18.2 Å². The number of fused-ring (bicyclic) bond motifs is 3. The number of rotatable bonds is 0. The van der Waals surface area contributed by atoms with Crippen LogP contribution in [-0.4, -0.2) is 37.2 Å². The minimum atomic E-state index is 0.514. The summed E-state index contributed by atoms with van der Waals surface area (Å²) >= 11 is 0. The number of hydrogen-bond donors (Lipinski definition) is 1. The largest absolute Gasteiger partial charge is 0.489 e. The molecule has 1 aliphatic carbocycles. The van der Waals surface area contributed by atoms with Gasteiger partial charge >= 0.3 is 0 Å². The lowest BCUT2D eigenvalue weighted by atomic mass is 10.1. The third-order valence-electron chi connectivity index (χ3n) is 3.17. The molecule has 0 saturated carbocycles. The molecule has 0 aromatic rings. The van der Waals surface area contributed by atoms with Crippen molar-refractivity contribution in [2.75, 3.05) is 26.2 Å². The summed E-state index contributed by atoms with van der Waals surface area (Å²) in [7, 11) is 0. The molecule has 0 radical (unpaired) electrons. The van der Waals surface area contributed by atoms with Crippen molar-refractivity contribution in [3.63, 3.8) is 0 Å². The van der Waals surface area contributed by atoms with E-state index in [1.165, 1.54) is 5.70 Å². The fourth-order valence-corrected chi connectivity index (χ4v) is 2.39. The van der Waals surface area contributed by atoms with Crippen molar-refractivity contribution in [2.24, 2.45) is 0 Å². The number of ether oxygens (including phenoxy) is 1. The topological polar surface area (TPSA) is 24.5 Å². The summed E-state index contributed by atoms with van der Waals surface area (Å²) in [6.07, 6.45) is 9.61. The van der Waals surface area contributed by atoms with E-state index in [4.69, 9.17) is 4.74 Å². The normalized spacial score (nSPS) is 29.3. The van der Waals surface area contributed by atoms with Gasteiger partial charge in [-0.05, 0) is 12.5 Å². The van der Waals surface area contributed by atoms with Crippen molar-refractivity contribution >= 4 is 0 Å². The van der Waals surface area contributed by atoms with E-state index in [0.29, 0.717) is 6.04 Å². The van der Waals surface area contributed by atoms with Crippen molar-refractivity contribution in [3.05, 3.63) is 35.8 Å². The molecule has 0 spiro atoms. The second-order valence-electron chi connectivity index (χ2n) is 4.15. The first-order chi connectivity index (χ1) is 7.45. The maximum atomic E-state index is 5.79. The molecule has 0 aromatic heterocycles. The Balaban J connectivity index is 1.91. The molecule has 3 aliphatic rings. The van der Waals surface area contributed by atoms with Gasteiger partial charge in [-0.2, -0.15) is 0 Å². The summed E-state index contributed by atoms with van der Waals surface area (Å²) in [4.78, 5) is 2.48. The highest BCUT2D eigenvalue weighted by molar-refractivity contribution is 5.33. The Kier molecular flexibility index (Phi) is 2.25. The van der Waals surface area contributed by atoms with Gasteiger partial charge in [0, 0.05) is 19.6 Å². The average Bonchev–Trinajstić information content (AvgIpc) is 2.54. The zero-order chi connectivity index (χ0) is 10.1. The monoisotopic (exact) mass is 204 g/mol. The van der Waals surface area contributed by atoms with Gasteiger partial charge in [-0.15, -0.1) is 0 Å². The molecule has 0 aromatic carbocycles. The Labute approximate surface area is 90.1 Å². The van der Waals surface area contributed by atoms with Gasteiger partial charge in [0.1, 0.15) is 12.4 Å². The molecular weight excluding hydrogens is 188 g/mol. The molecule has 0 amide bonds. The Morgan fingerprint density at radius 2 is 2.47 bits per heavy atom. The van der Waals surface area contributed by atoms with E-state index in [-0.39, 0.29) is 0 Å². The summed E-state index contributed by atoms with van der Waals surface area (Å²) in [6, 6.07) is 0.514. The number of nitrogens with one attached hydrogen (secondary N) is 1. The van der Waals surface area contributed by atoms with Crippen LogP contribution in [0.15, 0.2) is 35.8 Å². The third-order valence-corrected chi connectivity index (χ3v) is 3.17. The maximum absolute atomic E-state index is 5.79. The highest BCUT2D eigenvalue weighted by Gasteiger charge is 2.31. The first-order valence-corrected chi connectivity index (χ1v) is 5.62. The van der Waals surface area contributed by atoms with Crippen molar-refractivity contribution in [1.82, 2.24) is 10.2 Å². The molecular formula is C12H16N2O. The van der Waals surface area contributed by atoms with E-state index in [1.807, 2.05) is 0 Å². The zero-order valence-electron chi connectivity index (χ0n) is 8.78. The van der Waals surface area contributed by atoms with Crippen LogP contribution in [0.3, 0.4) is 0 Å². The standard InChI is InChI=1S/C12H16N2O/c1-2-4-11-12(5-3-1)15-9-10-8-13-6-7-14(10)11/h1,3-5,10,13H,2,6-9H2. The summed E-state index contributed by atoms with van der Waals surface area (Å²) in [5.74, 6) is 1.04. The first kappa shape index (κ1) is 9.04. The minimum absolute atomic E-state index is 0.514. The Morgan fingerprint density at radius 1 is 1.47 bits per heavy atom. The van der Waals surface area contributed by atoms with Gasteiger partial charge in [0.2, 0.25) is 0 Å². The average molecular weight is 204 g/mol. The molecule has 2 saturated heterocycles. The molecule has 1 N–H and O–H groups in total. The van der Waals surface area contributed by atoms with Crippen molar-refractivity contribution < 1.29 is 4.74 Å². The summed E-state index contributed by atoms with van der Waals surface area (Å²) in [5.41, 5.74) is 1.29. The van der Waals surface area contributed by atoms with Gasteiger partial charge in [0.25, 0.3) is 0 Å². The molecule has 2 heterocycles. The number of morpholine rings is 1. The number of allylic oxidation sites excluding steroid dienone is 4. The Hall–Kier alpha value is -1.22. The lowest BCUT2D eigenvalue weighted by Gasteiger charge is -2.43. The fraction of sp³-hybridized carbons (Fsp3) is 0.500. The first-order valence-electron chi connectivity index (χ1n) is 5.62. The number of hydrogen-bond acceptors (Lipinski definition) is 3. The van der Waals surface area contributed by atoms with Crippen LogP contribution in [0.1, 0.15) is 6.42 Å². The second kappa shape index (κ2) is 3.74. The van der Waals surface area contributed by atoms with Crippen LogP contribution in [0, 0.1) is 0 Å². The van der Waals surface area contributed by atoms with E-state index < -0.39 is 0 Å². The second-order valence-corrected chi connectivity index (χ2v) is 4.15. The van der Waals surface area contributed by atoms with Gasteiger partial charge < -0.3 is 15.0 Å². The summed E-state index contributed by atoms with van der Waals surface area (Å²) in [6.45, 7) is 4.02. The Morgan fingerprint density at radius 3 is 3.47 bits per heavy atom. The van der Waals surface area contributed by atoms with Crippen molar-refractivity contribution in [2.45, 2.75) is 12.5 Å².